The Morgan fingerprint density at radius 2 is 2.00 bits per heavy atom. The molecule has 0 aliphatic heterocycles. The van der Waals surface area contributed by atoms with E-state index < -0.39 is 0 Å². The van der Waals surface area contributed by atoms with Crippen LogP contribution in [0.4, 0.5) is 4.70 Å². The summed E-state index contributed by atoms with van der Waals surface area (Å²) in [5.74, 6) is -0.0880. The number of rotatable bonds is 3. The van der Waals surface area contributed by atoms with Crippen molar-refractivity contribution in [2.24, 2.45) is 0 Å². The van der Waals surface area contributed by atoms with E-state index in [0.717, 1.165) is 6.42 Å². The molecule has 0 aliphatic carbocycles. The SMILES string of the molecule is CCCC(=O)OCC.F. The molecule has 0 radical (unpaired) electrons. The maximum Gasteiger partial charge on any atom is 0.305 e. The van der Waals surface area contributed by atoms with Gasteiger partial charge in [-0.05, 0) is 13.3 Å². The summed E-state index contributed by atoms with van der Waals surface area (Å²) in [6.07, 6.45) is 1.42. The summed E-state index contributed by atoms with van der Waals surface area (Å²) < 4.78 is 4.64. The van der Waals surface area contributed by atoms with Crippen LogP contribution in [0, 0.1) is 0 Å². The molecule has 0 N–H and O–H groups in total. The second kappa shape index (κ2) is 7.40. The summed E-state index contributed by atoms with van der Waals surface area (Å²) in [4.78, 5) is 10.4. The Morgan fingerprint density at radius 3 is 2.33 bits per heavy atom. The maximum atomic E-state index is 10.4. The second-order valence-electron chi connectivity index (χ2n) is 1.56. The van der Waals surface area contributed by atoms with Gasteiger partial charge in [0.1, 0.15) is 0 Å². The third-order valence-electron chi connectivity index (χ3n) is 0.759. The van der Waals surface area contributed by atoms with E-state index in [1.165, 1.54) is 0 Å². The molecule has 56 valence electrons. The molecule has 2 nitrogen and oxygen atoms in total. The lowest BCUT2D eigenvalue weighted by Crippen LogP contribution is -2.01. The molecule has 0 aliphatic rings. The van der Waals surface area contributed by atoms with Crippen LogP contribution in [0.2, 0.25) is 0 Å². The number of ether oxygens (including phenoxy) is 1. The molecule has 0 aromatic carbocycles. The van der Waals surface area contributed by atoms with E-state index in [0.29, 0.717) is 13.0 Å². The molecule has 0 rings (SSSR count). The smallest absolute Gasteiger partial charge is 0.305 e. The Labute approximate surface area is 54.6 Å². The fourth-order valence-electron chi connectivity index (χ4n) is 0.437. The minimum atomic E-state index is -0.0880. The van der Waals surface area contributed by atoms with E-state index >= 15 is 0 Å². The van der Waals surface area contributed by atoms with Gasteiger partial charge in [0.25, 0.3) is 0 Å². The number of esters is 1. The zero-order valence-electron chi connectivity index (χ0n) is 5.85. The highest BCUT2D eigenvalue weighted by atomic mass is 19.0. The van der Waals surface area contributed by atoms with Crippen LogP contribution in [0.1, 0.15) is 26.7 Å². The number of carbonyl (C=O) groups is 1. The van der Waals surface area contributed by atoms with E-state index in [1.54, 1.807) is 0 Å². The molecule has 0 spiro atoms. The minimum Gasteiger partial charge on any atom is -0.466 e. The van der Waals surface area contributed by atoms with Gasteiger partial charge in [0.05, 0.1) is 6.61 Å². The Balaban J connectivity index is 0. The van der Waals surface area contributed by atoms with Crippen LogP contribution >= 0.6 is 0 Å². The first-order valence-electron chi connectivity index (χ1n) is 2.96. The summed E-state index contributed by atoms with van der Waals surface area (Å²) in [5.41, 5.74) is 0. The zero-order valence-corrected chi connectivity index (χ0v) is 5.85. The first kappa shape index (κ1) is 11.2. The number of halogens is 1. The molecular formula is C6H13FO2. The van der Waals surface area contributed by atoms with Gasteiger partial charge < -0.3 is 4.74 Å². The average Bonchev–Trinajstić information content (AvgIpc) is 1.68. The lowest BCUT2D eigenvalue weighted by Gasteiger charge is -1.96. The van der Waals surface area contributed by atoms with Crippen LogP contribution in [-0.2, 0) is 9.53 Å². The molecule has 0 fully saturated rings. The molecule has 0 aromatic rings. The topological polar surface area (TPSA) is 26.3 Å². The summed E-state index contributed by atoms with van der Waals surface area (Å²) in [6, 6.07) is 0. The van der Waals surface area contributed by atoms with E-state index in [-0.39, 0.29) is 10.7 Å². The van der Waals surface area contributed by atoms with Gasteiger partial charge in [-0.1, -0.05) is 6.92 Å². The standard InChI is InChI=1S/C6H12O2.FH/c1-3-5-6(7)8-4-2;/h3-5H2,1-2H3;1H. The third kappa shape index (κ3) is 7.40. The minimum absolute atomic E-state index is 0. The molecule has 0 saturated carbocycles. The second-order valence-corrected chi connectivity index (χ2v) is 1.56. The van der Waals surface area contributed by atoms with Crippen molar-refractivity contribution < 1.29 is 14.2 Å². The fourth-order valence-corrected chi connectivity index (χ4v) is 0.437. The molecule has 0 unspecified atom stereocenters. The number of carbonyl (C=O) groups excluding carboxylic acids is 1. The van der Waals surface area contributed by atoms with Gasteiger partial charge in [0.15, 0.2) is 0 Å². The summed E-state index contributed by atoms with van der Waals surface area (Å²) in [6.45, 7) is 4.27. The Bertz CT molecular complexity index is 65.5. The van der Waals surface area contributed by atoms with Gasteiger partial charge in [-0.15, -0.1) is 0 Å². The van der Waals surface area contributed by atoms with Crippen LogP contribution in [0.5, 0.6) is 0 Å². The van der Waals surface area contributed by atoms with Crippen LogP contribution in [0.15, 0.2) is 0 Å². The summed E-state index contributed by atoms with van der Waals surface area (Å²) in [7, 11) is 0. The van der Waals surface area contributed by atoms with Crippen molar-refractivity contribution in [3.8, 4) is 0 Å². The van der Waals surface area contributed by atoms with Crippen molar-refractivity contribution in [2.75, 3.05) is 6.61 Å². The Hall–Kier alpha value is -0.600. The highest BCUT2D eigenvalue weighted by Gasteiger charge is 1.95. The molecule has 0 heterocycles. The maximum absolute atomic E-state index is 10.4. The lowest BCUT2D eigenvalue weighted by molar-refractivity contribution is -0.143. The largest absolute Gasteiger partial charge is 0.466 e. The molecule has 9 heavy (non-hydrogen) atoms. The summed E-state index contributed by atoms with van der Waals surface area (Å²) in [5, 5.41) is 0. The molecular weight excluding hydrogens is 123 g/mol. The molecule has 0 saturated heterocycles. The molecule has 0 amide bonds. The van der Waals surface area contributed by atoms with E-state index in [1.807, 2.05) is 13.8 Å². The van der Waals surface area contributed by atoms with Crippen LogP contribution in [0.25, 0.3) is 0 Å². The van der Waals surface area contributed by atoms with Gasteiger partial charge in [-0.3, -0.25) is 9.50 Å². The molecule has 0 aromatic heterocycles. The van der Waals surface area contributed by atoms with E-state index in [2.05, 4.69) is 4.74 Å². The molecule has 0 atom stereocenters. The Kier molecular flexibility index (Phi) is 9.23. The number of hydrogen-bond donors (Lipinski definition) is 0. The van der Waals surface area contributed by atoms with Crippen molar-refractivity contribution in [3.63, 3.8) is 0 Å². The van der Waals surface area contributed by atoms with E-state index in [9.17, 15) is 4.79 Å². The normalized spacial score (nSPS) is 7.78. The highest BCUT2D eigenvalue weighted by molar-refractivity contribution is 5.69. The predicted molar refractivity (Wildman–Crippen MR) is 34.0 cm³/mol. The van der Waals surface area contributed by atoms with Gasteiger partial charge in [-0.25, -0.2) is 0 Å². The molecule has 3 heteroatoms. The van der Waals surface area contributed by atoms with Crippen molar-refractivity contribution in [3.05, 3.63) is 0 Å². The zero-order chi connectivity index (χ0) is 6.41. The third-order valence-corrected chi connectivity index (χ3v) is 0.759. The summed E-state index contributed by atoms with van der Waals surface area (Å²) >= 11 is 0. The predicted octanol–water partition coefficient (Wildman–Crippen LogP) is 1.50. The van der Waals surface area contributed by atoms with Crippen molar-refractivity contribution in [1.29, 1.82) is 0 Å². The van der Waals surface area contributed by atoms with Crippen LogP contribution in [0.3, 0.4) is 0 Å². The van der Waals surface area contributed by atoms with Crippen molar-refractivity contribution >= 4 is 5.97 Å². The van der Waals surface area contributed by atoms with Crippen LogP contribution in [-0.4, -0.2) is 12.6 Å². The van der Waals surface area contributed by atoms with Gasteiger partial charge in [0, 0.05) is 6.42 Å². The van der Waals surface area contributed by atoms with Crippen molar-refractivity contribution in [2.45, 2.75) is 26.7 Å². The van der Waals surface area contributed by atoms with Gasteiger partial charge in [-0.2, -0.15) is 0 Å². The average molecular weight is 136 g/mol. The quantitative estimate of drug-likeness (QED) is 0.549. The Morgan fingerprint density at radius 1 is 1.44 bits per heavy atom. The van der Waals surface area contributed by atoms with Crippen molar-refractivity contribution in [1.82, 2.24) is 0 Å². The van der Waals surface area contributed by atoms with Gasteiger partial charge in [0.2, 0.25) is 0 Å². The fraction of sp³-hybridized carbons (Fsp3) is 0.833. The monoisotopic (exact) mass is 136 g/mol. The van der Waals surface area contributed by atoms with Gasteiger partial charge >= 0.3 is 5.97 Å². The van der Waals surface area contributed by atoms with E-state index in [4.69, 9.17) is 0 Å². The first-order chi connectivity index (χ1) is 3.81. The first-order valence-corrected chi connectivity index (χ1v) is 2.96. The lowest BCUT2D eigenvalue weighted by atomic mass is 10.3. The van der Waals surface area contributed by atoms with Crippen LogP contribution < -0.4 is 0 Å². The number of hydrogen-bond acceptors (Lipinski definition) is 2. The molecule has 0 bridgehead atoms. The highest BCUT2D eigenvalue weighted by Crippen LogP contribution is 1.89.